The molecule has 0 radical (unpaired) electrons. The largest absolute Gasteiger partial charge is 0.386 e. The molecular weight excluding hydrogens is 415 g/mol. The number of fused-ring (bicyclic) bond motifs is 1. The van der Waals surface area contributed by atoms with Crippen molar-refractivity contribution in [3.05, 3.63) is 58.1 Å². The Labute approximate surface area is 177 Å². The lowest BCUT2D eigenvalue weighted by Gasteiger charge is -2.29. The molecule has 0 spiro atoms. The first-order valence-corrected chi connectivity index (χ1v) is 9.79. The van der Waals surface area contributed by atoms with E-state index in [0.717, 1.165) is 17.3 Å². The molecule has 2 aromatic rings. The molecule has 0 unspecified atom stereocenters. The Kier molecular flexibility index (Phi) is 5.41. The van der Waals surface area contributed by atoms with Crippen LogP contribution in [0.15, 0.2) is 40.6 Å². The number of aliphatic hydroxyl groups excluding tert-OH is 2. The molecule has 160 valence electrons. The average molecular weight is 437 g/mol. The van der Waals surface area contributed by atoms with Gasteiger partial charge in [-0.05, 0) is 30.7 Å². The summed E-state index contributed by atoms with van der Waals surface area (Å²) in [4.78, 5) is 4.26. The summed E-state index contributed by atoms with van der Waals surface area (Å²) in [5.41, 5.74) is 2.64. The number of hydrazone groups is 1. The predicted molar refractivity (Wildman–Crippen MR) is 109 cm³/mol. The van der Waals surface area contributed by atoms with Gasteiger partial charge in [-0.25, -0.2) is 9.38 Å². The summed E-state index contributed by atoms with van der Waals surface area (Å²) in [5, 5.41) is 36.6. The summed E-state index contributed by atoms with van der Waals surface area (Å²) in [6, 6.07) is 5.65. The van der Waals surface area contributed by atoms with Gasteiger partial charge in [0, 0.05) is 37.1 Å². The van der Waals surface area contributed by atoms with Crippen LogP contribution >= 0.6 is 11.6 Å². The van der Waals surface area contributed by atoms with Gasteiger partial charge in [0.2, 0.25) is 0 Å². The van der Waals surface area contributed by atoms with E-state index in [-0.39, 0.29) is 10.6 Å². The van der Waals surface area contributed by atoms with E-state index >= 15 is 0 Å². The molecule has 0 saturated carbocycles. The summed E-state index contributed by atoms with van der Waals surface area (Å²) < 4.78 is 21.5. The van der Waals surface area contributed by atoms with Crippen molar-refractivity contribution in [1.82, 2.24) is 9.99 Å². The van der Waals surface area contributed by atoms with Crippen molar-refractivity contribution >= 4 is 23.7 Å². The van der Waals surface area contributed by atoms with Crippen LogP contribution in [0.2, 0.25) is 5.02 Å². The molecule has 8 nitrogen and oxygen atoms in total. The Balaban J connectivity index is 1.67. The highest BCUT2D eigenvalue weighted by Gasteiger charge is 2.56. The first kappa shape index (κ1) is 21.0. The Morgan fingerprint density at radius 1 is 1.43 bits per heavy atom. The van der Waals surface area contributed by atoms with Crippen molar-refractivity contribution in [1.29, 1.82) is 0 Å². The van der Waals surface area contributed by atoms with E-state index in [4.69, 9.17) is 16.3 Å². The standard InChI is InChI=1S/C20H22ClFN4O4/c1-20(29)16(28)19(26-8-6-11-14(26)5-7-24-18(11)25-23-2)30-17(20)15(27)10-3-4-12(21)13(22)9-10/h3-4,6-9,15-17,19,23,27-29H,5H2,1-2H3/b25-18+/t15-,16+,17-,19-,20+/m1/s1. The number of aliphatic hydroxyl groups is 3. The van der Waals surface area contributed by atoms with Gasteiger partial charge in [0.1, 0.15) is 29.7 Å². The normalized spacial score (nSPS) is 30.5. The lowest BCUT2D eigenvalue weighted by Crippen LogP contribution is -2.47. The quantitative estimate of drug-likeness (QED) is 0.543. The van der Waals surface area contributed by atoms with Gasteiger partial charge in [-0.15, -0.1) is 0 Å². The number of hydrogen-bond acceptors (Lipinski definition) is 6. The highest BCUT2D eigenvalue weighted by atomic mass is 35.5. The number of amidine groups is 1. The van der Waals surface area contributed by atoms with Crippen molar-refractivity contribution in [2.45, 2.75) is 43.5 Å². The number of hydrogen-bond donors (Lipinski definition) is 4. The van der Waals surface area contributed by atoms with Crippen LogP contribution in [0, 0.1) is 5.82 Å². The number of aliphatic imine (C=N–C) groups is 1. The summed E-state index contributed by atoms with van der Waals surface area (Å²) in [5.74, 6) is -0.206. The second kappa shape index (κ2) is 7.75. The van der Waals surface area contributed by atoms with Gasteiger partial charge in [0.15, 0.2) is 12.1 Å². The fourth-order valence-electron chi connectivity index (χ4n) is 3.92. The van der Waals surface area contributed by atoms with Crippen molar-refractivity contribution in [3.63, 3.8) is 0 Å². The van der Waals surface area contributed by atoms with Gasteiger partial charge in [-0.1, -0.05) is 17.7 Å². The first-order chi connectivity index (χ1) is 14.3. The number of ether oxygens (including phenoxy) is 1. The fourth-order valence-corrected chi connectivity index (χ4v) is 4.04. The Bertz CT molecular complexity index is 1020. The minimum atomic E-state index is -1.80. The molecule has 4 rings (SSSR count). The molecule has 0 bridgehead atoms. The fraction of sp³-hybridized carbons (Fsp3) is 0.400. The van der Waals surface area contributed by atoms with Gasteiger partial charge >= 0.3 is 0 Å². The minimum Gasteiger partial charge on any atom is -0.386 e. The van der Waals surface area contributed by atoms with Crippen molar-refractivity contribution in [2.24, 2.45) is 10.1 Å². The lowest BCUT2D eigenvalue weighted by molar-refractivity contribution is -0.115. The van der Waals surface area contributed by atoms with Crippen molar-refractivity contribution in [3.8, 4) is 0 Å². The lowest BCUT2D eigenvalue weighted by atomic mass is 9.88. The second-order valence-corrected chi connectivity index (χ2v) is 7.90. The molecule has 4 N–H and O–H groups in total. The zero-order valence-corrected chi connectivity index (χ0v) is 17.1. The summed E-state index contributed by atoms with van der Waals surface area (Å²) in [6.07, 6.45) is -1.03. The van der Waals surface area contributed by atoms with Gasteiger partial charge in [0.05, 0.1) is 5.02 Å². The van der Waals surface area contributed by atoms with E-state index in [1.165, 1.54) is 19.1 Å². The van der Waals surface area contributed by atoms with E-state index in [2.05, 4.69) is 15.5 Å². The van der Waals surface area contributed by atoms with Gasteiger partial charge in [0.25, 0.3) is 0 Å². The molecule has 2 aliphatic heterocycles. The maximum absolute atomic E-state index is 13.9. The SMILES string of the molecule is CN/N=C1/N=CCc2c1ccn2[C@@H]1O[C@H]([C@H](O)c2ccc(Cl)c(F)c2)[C@@](C)(O)[C@H]1O. The number of nitrogens with zero attached hydrogens (tertiary/aromatic N) is 3. The van der Waals surface area contributed by atoms with Gasteiger partial charge in [-0.2, -0.15) is 5.10 Å². The number of rotatable bonds is 4. The average Bonchev–Trinajstić information content (AvgIpc) is 3.24. The summed E-state index contributed by atoms with van der Waals surface area (Å²) in [7, 11) is 1.67. The Morgan fingerprint density at radius 2 is 2.20 bits per heavy atom. The molecule has 1 aromatic carbocycles. The zero-order chi connectivity index (χ0) is 21.6. The molecule has 5 atom stereocenters. The van der Waals surface area contributed by atoms with Crippen LogP contribution in [0.4, 0.5) is 4.39 Å². The smallest absolute Gasteiger partial charge is 0.180 e. The van der Waals surface area contributed by atoms with E-state index in [9.17, 15) is 19.7 Å². The van der Waals surface area contributed by atoms with Crippen molar-refractivity contribution < 1.29 is 24.4 Å². The van der Waals surface area contributed by atoms with Crippen LogP contribution in [0.3, 0.4) is 0 Å². The second-order valence-electron chi connectivity index (χ2n) is 7.49. The van der Waals surface area contributed by atoms with Gasteiger partial charge in [-0.3, -0.25) is 0 Å². The number of nitrogens with one attached hydrogen (secondary N) is 1. The van der Waals surface area contributed by atoms with Crippen molar-refractivity contribution in [2.75, 3.05) is 7.05 Å². The highest BCUT2D eigenvalue weighted by molar-refractivity contribution is 6.30. The predicted octanol–water partition coefficient (Wildman–Crippen LogP) is 1.53. The molecule has 30 heavy (non-hydrogen) atoms. The topological polar surface area (TPSA) is 112 Å². The monoisotopic (exact) mass is 436 g/mol. The van der Waals surface area contributed by atoms with E-state index in [0.29, 0.717) is 12.3 Å². The van der Waals surface area contributed by atoms with E-state index < -0.39 is 36.0 Å². The van der Waals surface area contributed by atoms with Crippen LogP contribution in [-0.2, 0) is 11.2 Å². The molecule has 3 heterocycles. The van der Waals surface area contributed by atoms with Crippen LogP contribution in [-0.4, -0.2) is 56.8 Å². The molecule has 1 saturated heterocycles. The van der Waals surface area contributed by atoms with E-state index in [1.54, 1.807) is 30.1 Å². The minimum absolute atomic E-state index is 0.0809. The highest BCUT2D eigenvalue weighted by Crippen LogP contribution is 2.43. The molecule has 10 heteroatoms. The van der Waals surface area contributed by atoms with Crippen LogP contribution < -0.4 is 5.43 Å². The first-order valence-electron chi connectivity index (χ1n) is 9.41. The number of halogens is 2. The Hall–Kier alpha value is -2.30. The number of aromatic nitrogens is 1. The molecule has 2 aliphatic rings. The molecule has 1 aromatic heterocycles. The van der Waals surface area contributed by atoms with Crippen LogP contribution in [0.5, 0.6) is 0 Å². The zero-order valence-electron chi connectivity index (χ0n) is 16.3. The van der Waals surface area contributed by atoms with Gasteiger partial charge < -0.3 is 30.0 Å². The third-order valence-corrected chi connectivity index (χ3v) is 5.86. The molecule has 0 aliphatic carbocycles. The van der Waals surface area contributed by atoms with Crippen LogP contribution in [0.25, 0.3) is 0 Å². The Morgan fingerprint density at radius 3 is 2.90 bits per heavy atom. The van der Waals surface area contributed by atoms with E-state index in [1.807, 2.05) is 0 Å². The van der Waals surface area contributed by atoms with Crippen LogP contribution in [0.1, 0.15) is 36.1 Å². The number of benzene rings is 1. The summed E-state index contributed by atoms with van der Waals surface area (Å²) in [6.45, 7) is 1.38. The maximum atomic E-state index is 13.9. The third-order valence-electron chi connectivity index (χ3n) is 5.56. The maximum Gasteiger partial charge on any atom is 0.180 e. The summed E-state index contributed by atoms with van der Waals surface area (Å²) >= 11 is 5.71. The molecule has 0 amide bonds. The molecule has 1 fully saturated rings. The molecular formula is C20H22ClFN4O4. The third kappa shape index (κ3) is 3.32.